The third-order valence-corrected chi connectivity index (χ3v) is 6.77. The Kier molecular flexibility index (Phi) is 5.42. The van der Waals surface area contributed by atoms with E-state index < -0.39 is 10.0 Å². The summed E-state index contributed by atoms with van der Waals surface area (Å²) < 4.78 is 26.4. The highest BCUT2D eigenvalue weighted by molar-refractivity contribution is 7.89. The first-order valence-electron chi connectivity index (χ1n) is 7.46. The van der Waals surface area contributed by atoms with E-state index in [0.717, 1.165) is 10.6 Å². The molecule has 24 heavy (non-hydrogen) atoms. The van der Waals surface area contributed by atoms with Gasteiger partial charge in [0.15, 0.2) is 5.13 Å². The van der Waals surface area contributed by atoms with Crippen molar-refractivity contribution in [3.63, 3.8) is 0 Å². The number of aryl methyl sites for hydroxylation is 2. The smallest absolute Gasteiger partial charge is 0.257 e. The molecule has 0 aliphatic rings. The van der Waals surface area contributed by atoms with E-state index in [0.29, 0.717) is 5.13 Å². The number of carbonyl (C=O) groups is 1. The van der Waals surface area contributed by atoms with Gasteiger partial charge in [-0.3, -0.25) is 10.1 Å². The van der Waals surface area contributed by atoms with Gasteiger partial charge in [-0.1, -0.05) is 6.07 Å². The van der Waals surface area contributed by atoms with Crippen molar-refractivity contribution in [3.05, 3.63) is 40.4 Å². The summed E-state index contributed by atoms with van der Waals surface area (Å²) >= 11 is 1.39. The van der Waals surface area contributed by atoms with Gasteiger partial charge in [-0.15, -0.1) is 11.3 Å². The molecule has 0 unspecified atom stereocenters. The number of carbonyl (C=O) groups excluding carboxylic acids is 1. The molecule has 0 radical (unpaired) electrons. The molecule has 0 aliphatic carbocycles. The SMILES string of the molecule is Cc1nc(NC(=O)c2cccc(S(=O)(=O)N(C)C(C)C)c2)sc1C. The van der Waals surface area contributed by atoms with Crippen LogP contribution in [0, 0.1) is 13.8 Å². The highest BCUT2D eigenvalue weighted by Gasteiger charge is 2.24. The molecule has 1 heterocycles. The van der Waals surface area contributed by atoms with Crippen LogP contribution < -0.4 is 5.32 Å². The zero-order chi connectivity index (χ0) is 18.1. The summed E-state index contributed by atoms with van der Waals surface area (Å²) in [4.78, 5) is 17.7. The molecule has 2 aromatic rings. The van der Waals surface area contributed by atoms with Gasteiger partial charge >= 0.3 is 0 Å². The number of hydrogen-bond donors (Lipinski definition) is 1. The number of rotatable bonds is 5. The first kappa shape index (κ1) is 18.6. The molecule has 6 nitrogen and oxygen atoms in total. The monoisotopic (exact) mass is 367 g/mol. The van der Waals surface area contributed by atoms with Crippen molar-refractivity contribution in [2.24, 2.45) is 0 Å². The molecule has 0 saturated carbocycles. The normalized spacial score (nSPS) is 12.0. The Labute approximate surface area is 146 Å². The first-order valence-corrected chi connectivity index (χ1v) is 9.72. The number of anilines is 1. The lowest BCUT2D eigenvalue weighted by Gasteiger charge is -2.21. The molecule has 0 bridgehead atoms. The summed E-state index contributed by atoms with van der Waals surface area (Å²) in [5.74, 6) is -0.381. The molecule has 8 heteroatoms. The van der Waals surface area contributed by atoms with Crippen LogP contribution in [-0.4, -0.2) is 36.7 Å². The highest BCUT2D eigenvalue weighted by Crippen LogP contribution is 2.23. The Balaban J connectivity index is 2.28. The lowest BCUT2D eigenvalue weighted by atomic mass is 10.2. The topological polar surface area (TPSA) is 79.4 Å². The van der Waals surface area contributed by atoms with Crippen molar-refractivity contribution in [2.75, 3.05) is 12.4 Å². The second kappa shape index (κ2) is 7.00. The summed E-state index contributed by atoms with van der Waals surface area (Å²) in [7, 11) is -2.11. The van der Waals surface area contributed by atoms with Gasteiger partial charge in [0.1, 0.15) is 0 Å². The van der Waals surface area contributed by atoms with E-state index in [1.54, 1.807) is 26.0 Å². The number of hydrogen-bond acceptors (Lipinski definition) is 5. The minimum absolute atomic E-state index is 0.0952. The van der Waals surface area contributed by atoms with Crippen LogP contribution in [0.5, 0.6) is 0 Å². The lowest BCUT2D eigenvalue weighted by Crippen LogP contribution is -2.33. The molecular formula is C16H21N3O3S2. The number of sulfonamides is 1. The van der Waals surface area contributed by atoms with Crippen LogP contribution in [0.15, 0.2) is 29.2 Å². The van der Waals surface area contributed by atoms with Gasteiger partial charge < -0.3 is 0 Å². The van der Waals surface area contributed by atoms with Crippen LogP contribution in [-0.2, 0) is 10.0 Å². The van der Waals surface area contributed by atoms with Gasteiger partial charge in [0.25, 0.3) is 5.91 Å². The zero-order valence-electron chi connectivity index (χ0n) is 14.3. The number of thiazole rings is 1. The van der Waals surface area contributed by atoms with Gasteiger partial charge in [-0.05, 0) is 45.9 Å². The standard InChI is InChI=1S/C16H21N3O3S2/c1-10(2)19(5)24(21,22)14-8-6-7-13(9-14)15(20)18-16-17-11(3)12(4)23-16/h6-10H,1-5H3,(H,17,18,20). The molecule has 130 valence electrons. The van der Waals surface area contributed by atoms with Gasteiger partial charge in [0.05, 0.1) is 10.6 Å². The minimum atomic E-state index is -3.63. The molecule has 0 atom stereocenters. The maximum Gasteiger partial charge on any atom is 0.257 e. The summed E-state index contributed by atoms with van der Waals surface area (Å²) in [6.45, 7) is 7.39. The quantitative estimate of drug-likeness (QED) is 0.881. The van der Waals surface area contributed by atoms with Crippen molar-refractivity contribution in [1.82, 2.24) is 9.29 Å². The Morgan fingerprint density at radius 2 is 1.96 bits per heavy atom. The predicted octanol–water partition coefficient (Wildman–Crippen LogP) is 3.04. The number of aromatic nitrogens is 1. The number of nitrogens with zero attached hydrogens (tertiary/aromatic N) is 2. The molecule has 1 N–H and O–H groups in total. The van der Waals surface area contributed by atoms with Crippen molar-refractivity contribution in [1.29, 1.82) is 0 Å². The number of nitrogens with one attached hydrogen (secondary N) is 1. The summed E-state index contributed by atoms with van der Waals surface area (Å²) in [5.41, 5.74) is 1.14. The second-order valence-electron chi connectivity index (χ2n) is 5.76. The molecule has 1 amide bonds. The van der Waals surface area contributed by atoms with E-state index in [2.05, 4.69) is 10.3 Å². The molecule has 0 aliphatic heterocycles. The van der Waals surface area contributed by atoms with Crippen LogP contribution in [0.1, 0.15) is 34.8 Å². The second-order valence-corrected chi connectivity index (χ2v) is 8.96. The van der Waals surface area contributed by atoms with Crippen LogP contribution in [0.4, 0.5) is 5.13 Å². The van der Waals surface area contributed by atoms with Crippen molar-refractivity contribution in [3.8, 4) is 0 Å². The van der Waals surface area contributed by atoms with Gasteiger partial charge in [0.2, 0.25) is 10.0 Å². The van der Waals surface area contributed by atoms with Crippen LogP contribution in [0.3, 0.4) is 0 Å². The molecule has 1 aromatic carbocycles. The average Bonchev–Trinajstić information content (AvgIpc) is 2.84. The predicted molar refractivity (Wildman–Crippen MR) is 96.1 cm³/mol. The van der Waals surface area contributed by atoms with E-state index in [1.165, 1.54) is 34.8 Å². The Morgan fingerprint density at radius 3 is 2.50 bits per heavy atom. The fourth-order valence-corrected chi connectivity index (χ4v) is 4.16. The summed E-state index contributed by atoms with van der Waals surface area (Å²) in [6, 6.07) is 5.85. The average molecular weight is 367 g/mol. The molecule has 0 saturated heterocycles. The highest BCUT2D eigenvalue weighted by atomic mass is 32.2. The van der Waals surface area contributed by atoms with E-state index in [9.17, 15) is 13.2 Å². The summed E-state index contributed by atoms with van der Waals surface area (Å²) in [5, 5.41) is 3.21. The number of amides is 1. The van der Waals surface area contributed by atoms with E-state index in [4.69, 9.17) is 0 Å². The maximum atomic E-state index is 12.5. The molecule has 2 rings (SSSR count). The fourth-order valence-electron chi connectivity index (χ4n) is 1.94. The van der Waals surface area contributed by atoms with E-state index in [-0.39, 0.29) is 22.4 Å². The lowest BCUT2D eigenvalue weighted by molar-refractivity contribution is 0.102. The third-order valence-electron chi connectivity index (χ3n) is 3.75. The Morgan fingerprint density at radius 1 is 1.29 bits per heavy atom. The van der Waals surface area contributed by atoms with Crippen molar-refractivity contribution in [2.45, 2.75) is 38.6 Å². The number of benzene rings is 1. The Bertz CT molecular complexity index is 838. The zero-order valence-corrected chi connectivity index (χ0v) is 16.0. The molecule has 0 spiro atoms. The largest absolute Gasteiger partial charge is 0.298 e. The Hall–Kier alpha value is -1.77. The van der Waals surface area contributed by atoms with Gasteiger partial charge in [-0.25, -0.2) is 13.4 Å². The van der Waals surface area contributed by atoms with Crippen molar-refractivity contribution >= 4 is 32.4 Å². The molecule has 0 fully saturated rings. The third kappa shape index (κ3) is 3.82. The van der Waals surface area contributed by atoms with Crippen LogP contribution in [0.25, 0.3) is 0 Å². The maximum absolute atomic E-state index is 12.5. The van der Waals surface area contributed by atoms with Gasteiger partial charge in [-0.2, -0.15) is 4.31 Å². The minimum Gasteiger partial charge on any atom is -0.298 e. The first-order chi connectivity index (χ1) is 11.1. The fraction of sp³-hybridized carbons (Fsp3) is 0.375. The summed E-state index contributed by atoms with van der Waals surface area (Å²) in [6.07, 6.45) is 0. The van der Waals surface area contributed by atoms with Crippen molar-refractivity contribution < 1.29 is 13.2 Å². The molecule has 1 aromatic heterocycles. The van der Waals surface area contributed by atoms with Crippen LogP contribution >= 0.6 is 11.3 Å². The van der Waals surface area contributed by atoms with E-state index >= 15 is 0 Å². The van der Waals surface area contributed by atoms with Crippen LogP contribution in [0.2, 0.25) is 0 Å². The van der Waals surface area contributed by atoms with E-state index in [1.807, 2.05) is 13.8 Å². The van der Waals surface area contributed by atoms with Gasteiger partial charge in [0, 0.05) is 23.5 Å². The molecular weight excluding hydrogens is 346 g/mol.